The van der Waals surface area contributed by atoms with Crippen molar-refractivity contribution in [2.75, 3.05) is 16.4 Å². The zero-order valence-corrected chi connectivity index (χ0v) is 15.7. The lowest BCUT2D eigenvalue weighted by molar-refractivity contribution is -0.113. The summed E-state index contributed by atoms with van der Waals surface area (Å²) in [4.78, 5) is 24.8. The largest absolute Gasteiger partial charge is 0.444 e. The predicted molar refractivity (Wildman–Crippen MR) is 102 cm³/mol. The average molecular weight is 376 g/mol. The van der Waals surface area contributed by atoms with Gasteiger partial charge < -0.3 is 10.1 Å². The Morgan fingerprint density at radius 3 is 2.42 bits per heavy atom. The van der Waals surface area contributed by atoms with Crippen LogP contribution in [0.25, 0.3) is 0 Å². The molecule has 0 saturated heterocycles. The van der Waals surface area contributed by atoms with Crippen molar-refractivity contribution >= 4 is 35.1 Å². The number of hydrogen-bond acceptors (Lipinski definition) is 4. The maximum Gasteiger partial charge on any atom is 0.412 e. The third-order valence-electron chi connectivity index (χ3n) is 3.00. The van der Waals surface area contributed by atoms with Crippen LogP contribution in [-0.4, -0.2) is 23.4 Å². The van der Waals surface area contributed by atoms with Crippen molar-refractivity contribution in [3.63, 3.8) is 0 Å². The zero-order valence-electron chi connectivity index (χ0n) is 14.8. The fraction of sp³-hybridized carbons (Fsp3) is 0.263. The van der Waals surface area contributed by atoms with Crippen LogP contribution < -0.4 is 10.6 Å². The molecule has 0 spiro atoms. The van der Waals surface area contributed by atoms with E-state index in [9.17, 15) is 14.0 Å². The van der Waals surface area contributed by atoms with Gasteiger partial charge in [0.05, 0.1) is 11.4 Å². The quantitative estimate of drug-likeness (QED) is 0.728. The highest BCUT2D eigenvalue weighted by molar-refractivity contribution is 8.00. The Morgan fingerprint density at radius 2 is 1.77 bits per heavy atom. The number of nitrogens with one attached hydrogen (secondary N) is 2. The van der Waals surface area contributed by atoms with Gasteiger partial charge in [0, 0.05) is 10.6 Å². The zero-order chi connectivity index (χ0) is 19.2. The molecule has 2 aromatic rings. The Kier molecular flexibility index (Phi) is 6.63. The van der Waals surface area contributed by atoms with Crippen molar-refractivity contribution in [3.05, 3.63) is 54.3 Å². The van der Waals surface area contributed by atoms with Gasteiger partial charge in [-0.2, -0.15) is 0 Å². The van der Waals surface area contributed by atoms with Crippen LogP contribution in [0.3, 0.4) is 0 Å². The van der Waals surface area contributed by atoms with Crippen molar-refractivity contribution in [3.8, 4) is 0 Å². The van der Waals surface area contributed by atoms with Crippen LogP contribution in [0.5, 0.6) is 0 Å². The molecular formula is C19H21FN2O3S. The van der Waals surface area contributed by atoms with Gasteiger partial charge in [0.15, 0.2) is 0 Å². The van der Waals surface area contributed by atoms with Crippen molar-refractivity contribution in [2.24, 2.45) is 0 Å². The average Bonchev–Trinajstić information content (AvgIpc) is 2.55. The SMILES string of the molecule is CC(C)(C)OC(=O)Nc1cc(NC(=O)CSc2ccccc2)ccc1F. The van der Waals surface area contributed by atoms with E-state index in [0.29, 0.717) is 5.69 Å². The third-order valence-corrected chi connectivity index (χ3v) is 4.01. The third kappa shape index (κ3) is 6.76. The van der Waals surface area contributed by atoms with E-state index in [1.54, 1.807) is 20.8 Å². The van der Waals surface area contributed by atoms with Crippen LogP contribution in [0.1, 0.15) is 20.8 Å². The molecule has 138 valence electrons. The number of hydrogen-bond donors (Lipinski definition) is 2. The first-order valence-corrected chi connectivity index (χ1v) is 8.99. The summed E-state index contributed by atoms with van der Waals surface area (Å²) in [6.07, 6.45) is -0.764. The summed E-state index contributed by atoms with van der Waals surface area (Å²) in [7, 11) is 0. The smallest absolute Gasteiger partial charge is 0.412 e. The second-order valence-corrected chi connectivity index (χ2v) is 7.52. The monoisotopic (exact) mass is 376 g/mol. The molecule has 0 aliphatic heterocycles. The molecule has 2 amide bonds. The number of halogens is 1. The van der Waals surface area contributed by atoms with Crippen molar-refractivity contribution < 1.29 is 18.7 Å². The summed E-state index contributed by atoms with van der Waals surface area (Å²) in [5.74, 6) is -0.628. The number of ether oxygens (including phenoxy) is 1. The van der Waals surface area contributed by atoms with E-state index in [1.165, 1.54) is 30.0 Å². The number of amides is 2. The molecule has 0 aromatic heterocycles. The maximum atomic E-state index is 13.9. The summed E-state index contributed by atoms with van der Waals surface area (Å²) in [5.41, 5.74) is -0.370. The van der Waals surface area contributed by atoms with E-state index in [2.05, 4.69) is 10.6 Å². The predicted octanol–water partition coefficient (Wildman–Crippen LogP) is 4.90. The van der Waals surface area contributed by atoms with E-state index in [0.717, 1.165) is 4.90 Å². The second-order valence-electron chi connectivity index (χ2n) is 6.47. The fourth-order valence-electron chi connectivity index (χ4n) is 1.98. The molecule has 0 aliphatic carbocycles. The first-order valence-electron chi connectivity index (χ1n) is 8.00. The summed E-state index contributed by atoms with van der Waals surface area (Å²) >= 11 is 1.40. The van der Waals surface area contributed by atoms with Crippen LogP contribution in [0.4, 0.5) is 20.6 Å². The maximum absolute atomic E-state index is 13.9. The fourth-order valence-corrected chi connectivity index (χ4v) is 2.69. The van der Waals surface area contributed by atoms with Gasteiger partial charge in [-0.15, -0.1) is 11.8 Å². The van der Waals surface area contributed by atoms with Crippen LogP contribution >= 0.6 is 11.8 Å². The van der Waals surface area contributed by atoms with Crippen molar-refractivity contribution in [1.29, 1.82) is 0 Å². The number of carbonyl (C=O) groups is 2. The normalized spacial score (nSPS) is 10.9. The summed E-state index contributed by atoms with van der Waals surface area (Å²) in [5, 5.41) is 5.03. The molecule has 0 radical (unpaired) electrons. The lowest BCUT2D eigenvalue weighted by atomic mass is 10.2. The summed E-state index contributed by atoms with van der Waals surface area (Å²) in [6.45, 7) is 5.14. The molecule has 26 heavy (non-hydrogen) atoms. The Hall–Kier alpha value is -2.54. The standard InChI is InChI=1S/C19H21FN2O3S/c1-19(2,3)25-18(24)22-16-11-13(9-10-15(16)20)21-17(23)12-26-14-7-5-4-6-8-14/h4-11H,12H2,1-3H3,(H,21,23)(H,22,24). The highest BCUT2D eigenvalue weighted by Crippen LogP contribution is 2.22. The summed E-state index contributed by atoms with van der Waals surface area (Å²) < 4.78 is 19.0. The minimum Gasteiger partial charge on any atom is -0.444 e. The highest BCUT2D eigenvalue weighted by Gasteiger charge is 2.17. The van der Waals surface area contributed by atoms with Crippen molar-refractivity contribution in [2.45, 2.75) is 31.3 Å². The van der Waals surface area contributed by atoms with Crippen molar-refractivity contribution in [1.82, 2.24) is 0 Å². The van der Waals surface area contributed by atoms with E-state index in [1.807, 2.05) is 30.3 Å². The molecule has 2 N–H and O–H groups in total. The van der Waals surface area contributed by atoms with Crippen LogP contribution in [-0.2, 0) is 9.53 Å². The van der Waals surface area contributed by atoms with Gasteiger partial charge in [0.25, 0.3) is 0 Å². The first kappa shape index (κ1) is 19.8. The van der Waals surface area contributed by atoms with Gasteiger partial charge in [0.1, 0.15) is 11.4 Å². The molecule has 0 fully saturated rings. The van der Waals surface area contributed by atoms with Gasteiger partial charge in [-0.1, -0.05) is 18.2 Å². The Bertz CT molecular complexity index is 776. The Labute approximate surface area is 156 Å². The molecular weight excluding hydrogens is 355 g/mol. The number of thioether (sulfide) groups is 1. The van der Waals surface area contributed by atoms with Gasteiger partial charge >= 0.3 is 6.09 Å². The molecule has 0 aliphatic rings. The van der Waals surface area contributed by atoms with Crippen LogP contribution in [0.2, 0.25) is 0 Å². The second kappa shape index (κ2) is 8.71. The molecule has 7 heteroatoms. The Morgan fingerprint density at radius 1 is 1.08 bits per heavy atom. The molecule has 0 heterocycles. The van der Waals surface area contributed by atoms with E-state index >= 15 is 0 Å². The highest BCUT2D eigenvalue weighted by atomic mass is 32.2. The lowest BCUT2D eigenvalue weighted by Crippen LogP contribution is -2.27. The number of anilines is 2. The lowest BCUT2D eigenvalue weighted by Gasteiger charge is -2.20. The van der Waals surface area contributed by atoms with E-state index < -0.39 is 17.5 Å². The number of rotatable bonds is 5. The van der Waals surface area contributed by atoms with Crippen LogP contribution in [0.15, 0.2) is 53.4 Å². The minimum atomic E-state index is -0.764. The minimum absolute atomic E-state index is 0.0623. The molecule has 0 saturated carbocycles. The summed E-state index contributed by atoms with van der Waals surface area (Å²) in [6, 6.07) is 13.5. The van der Waals surface area contributed by atoms with E-state index in [4.69, 9.17) is 4.74 Å². The number of carbonyl (C=O) groups excluding carboxylic acids is 2. The number of benzene rings is 2. The molecule has 5 nitrogen and oxygen atoms in total. The van der Waals surface area contributed by atoms with Gasteiger partial charge in [-0.25, -0.2) is 9.18 Å². The molecule has 0 atom stereocenters. The van der Waals surface area contributed by atoms with Gasteiger partial charge in [-0.05, 0) is 51.1 Å². The molecule has 2 rings (SSSR count). The van der Waals surface area contributed by atoms with Gasteiger partial charge in [-0.3, -0.25) is 10.1 Å². The Balaban J connectivity index is 1.95. The topological polar surface area (TPSA) is 67.4 Å². The molecule has 0 unspecified atom stereocenters. The molecule has 2 aromatic carbocycles. The van der Waals surface area contributed by atoms with Gasteiger partial charge in [0.2, 0.25) is 5.91 Å². The van der Waals surface area contributed by atoms with Crippen LogP contribution in [0, 0.1) is 5.82 Å². The molecule has 0 bridgehead atoms. The first-order chi connectivity index (χ1) is 12.2. The van der Waals surface area contributed by atoms with E-state index in [-0.39, 0.29) is 17.3 Å².